The van der Waals surface area contributed by atoms with E-state index in [0.717, 1.165) is 45.0 Å². The summed E-state index contributed by atoms with van der Waals surface area (Å²) in [4.78, 5) is 7.17. The Morgan fingerprint density at radius 1 is 1.25 bits per heavy atom. The average Bonchev–Trinajstić information content (AvgIpc) is 3.27. The van der Waals surface area contributed by atoms with Crippen LogP contribution in [0, 0.1) is 0 Å². The van der Waals surface area contributed by atoms with Crippen molar-refractivity contribution >= 4 is 5.96 Å². The second-order valence-electron chi connectivity index (χ2n) is 6.39. The van der Waals surface area contributed by atoms with Crippen LogP contribution in [0.1, 0.15) is 30.4 Å². The number of hydrogen-bond donors (Lipinski definition) is 1. The maximum Gasteiger partial charge on any atom is 0.193 e. The van der Waals surface area contributed by atoms with E-state index in [-0.39, 0.29) is 0 Å². The molecule has 130 valence electrons. The summed E-state index contributed by atoms with van der Waals surface area (Å²) >= 11 is 0. The van der Waals surface area contributed by atoms with Gasteiger partial charge in [-0.15, -0.1) is 0 Å². The second-order valence-corrected chi connectivity index (χ2v) is 6.39. The Labute approximate surface area is 143 Å². The van der Waals surface area contributed by atoms with E-state index >= 15 is 0 Å². The molecule has 0 amide bonds. The van der Waals surface area contributed by atoms with Crippen LogP contribution in [0.2, 0.25) is 0 Å². The number of rotatable bonds is 5. The molecule has 3 heterocycles. The SMILES string of the molecule is CCNC(=NCCc1cnn(C)c1)N1CCC(c2cnn(C)c2)C1. The van der Waals surface area contributed by atoms with Gasteiger partial charge in [0.2, 0.25) is 0 Å². The molecule has 1 atom stereocenters. The molecule has 24 heavy (non-hydrogen) atoms. The van der Waals surface area contributed by atoms with E-state index in [4.69, 9.17) is 4.99 Å². The number of likely N-dealkylation sites (tertiary alicyclic amines) is 1. The third-order valence-corrected chi connectivity index (χ3v) is 4.44. The van der Waals surface area contributed by atoms with E-state index < -0.39 is 0 Å². The highest BCUT2D eigenvalue weighted by Gasteiger charge is 2.26. The number of hydrogen-bond acceptors (Lipinski definition) is 3. The molecule has 0 aromatic carbocycles. The maximum absolute atomic E-state index is 4.81. The van der Waals surface area contributed by atoms with Gasteiger partial charge in [-0.1, -0.05) is 0 Å². The molecule has 1 fully saturated rings. The summed E-state index contributed by atoms with van der Waals surface area (Å²) in [7, 11) is 3.92. The number of nitrogens with zero attached hydrogens (tertiary/aromatic N) is 6. The first kappa shape index (κ1) is 16.5. The van der Waals surface area contributed by atoms with E-state index in [2.05, 4.69) is 39.7 Å². The molecule has 2 aromatic rings. The minimum absolute atomic E-state index is 0.542. The number of aryl methyl sites for hydroxylation is 2. The van der Waals surface area contributed by atoms with Crippen LogP contribution >= 0.6 is 0 Å². The smallest absolute Gasteiger partial charge is 0.193 e. The highest BCUT2D eigenvalue weighted by molar-refractivity contribution is 5.80. The van der Waals surface area contributed by atoms with Gasteiger partial charge in [0.1, 0.15) is 0 Å². The first-order chi connectivity index (χ1) is 11.7. The first-order valence-electron chi connectivity index (χ1n) is 8.65. The van der Waals surface area contributed by atoms with E-state index in [0.29, 0.717) is 5.92 Å². The second kappa shape index (κ2) is 7.51. The number of aromatic nitrogens is 4. The van der Waals surface area contributed by atoms with Gasteiger partial charge >= 0.3 is 0 Å². The topological polar surface area (TPSA) is 63.3 Å². The van der Waals surface area contributed by atoms with Crippen molar-refractivity contribution in [3.63, 3.8) is 0 Å². The molecule has 0 radical (unpaired) electrons. The molecule has 2 aromatic heterocycles. The lowest BCUT2D eigenvalue weighted by atomic mass is 10.0. The highest BCUT2D eigenvalue weighted by atomic mass is 15.3. The lowest BCUT2D eigenvalue weighted by Gasteiger charge is -2.21. The van der Waals surface area contributed by atoms with Gasteiger partial charge < -0.3 is 10.2 Å². The lowest BCUT2D eigenvalue weighted by molar-refractivity contribution is 0.486. The van der Waals surface area contributed by atoms with Gasteiger partial charge in [0.05, 0.1) is 12.4 Å². The molecule has 1 unspecified atom stereocenters. The number of aliphatic imine (C=N–C) groups is 1. The van der Waals surface area contributed by atoms with Gasteiger partial charge in [-0.25, -0.2) is 0 Å². The maximum atomic E-state index is 4.81. The third kappa shape index (κ3) is 3.96. The van der Waals surface area contributed by atoms with E-state index in [1.807, 2.05) is 35.9 Å². The van der Waals surface area contributed by atoms with Gasteiger partial charge in [-0.05, 0) is 30.9 Å². The average molecular weight is 329 g/mol. The summed E-state index contributed by atoms with van der Waals surface area (Å²) < 4.78 is 3.72. The van der Waals surface area contributed by atoms with Crippen LogP contribution in [-0.4, -0.2) is 56.6 Å². The van der Waals surface area contributed by atoms with Gasteiger partial charge in [0, 0.05) is 58.6 Å². The molecule has 1 aliphatic rings. The summed E-state index contributed by atoms with van der Waals surface area (Å²) in [6.07, 6.45) is 10.1. The molecular weight excluding hydrogens is 302 g/mol. The molecule has 1 aliphatic heterocycles. The van der Waals surface area contributed by atoms with Crippen molar-refractivity contribution in [1.29, 1.82) is 0 Å². The minimum atomic E-state index is 0.542. The monoisotopic (exact) mass is 329 g/mol. The Hall–Kier alpha value is -2.31. The third-order valence-electron chi connectivity index (χ3n) is 4.44. The van der Waals surface area contributed by atoms with Crippen molar-refractivity contribution in [1.82, 2.24) is 29.8 Å². The zero-order chi connectivity index (χ0) is 16.9. The van der Waals surface area contributed by atoms with Crippen LogP contribution < -0.4 is 5.32 Å². The summed E-state index contributed by atoms with van der Waals surface area (Å²) in [5.74, 6) is 1.56. The Bertz CT molecular complexity index is 685. The minimum Gasteiger partial charge on any atom is -0.357 e. The summed E-state index contributed by atoms with van der Waals surface area (Å²) in [5, 5.41) is 11.9. The molecule has 0 aliphatic carbocycles. The number of guanidine groups is 1. The van der Waals surface area contributed by atoms with Crippen molar-refractivity contribution in [2.45, 2.75) is 25.7 Å². The zero-order valence-corrected chi connectivity index (χ0v) is 14.8. The van der Waals surface area contributed by atoms with Gasteiger partial charge in [0.15, 0.2) is 5.96 Å². The Kier molecular flexibility index (Phi) is 5.17. The first-order valence-corrected chi connectivity index (χ1v) is 8.65. The van der Waals surface area contributed by atoms with E-state index in [1.54, 1.807) is 0 Å². The fourth-order valence-corrected chi connectivity index (χ4v) is 3.19. The van der Waals surface area contributed by atoms with Gasteiger partial charge in [-0.3, -0.25) is 14.4 Å². The van der Waals surface area contributed by atoms with Crippen LogP contribution in [0.25, 0.3) is 0 Å². The number of nitrogens with one attached hydrogen (secondary N) is 1. The summed E-state index contributed by atoms with van der Waals surface area (Å²) in [5.41, 5.74) is 2.55. The fraction of sp³-hybridized carbons (Fsp3) is 0.588. The van der Waals surface area contributed by atoms with Crippen LogP contribution in [-0.2, 0) is 20.5 Å². The molecule has 1 N–H and O–H groups in total. The standard InChI is InChI=1S/C17H27N7/c1-4-18-17(19-7-5-14-9-20-22(2)11-14)24-8-6-15(13-24)16-10-21-23(3)12-16/h9-12,15H,4-8,13H2,1-3H3,(H,18,19). The molecule has 0 spiro atoms. The zero-order valence-electron chi connectivity index (χ0n) is 14.8. The predicted octanol–water partition coefficient (Wildman–Crippen LogP) is 1.15. The van der Waals surface area contributed by atoms with Crippen molar-refractivity contribution in [2.75, 3.05) is 26.2 Å². The van der Waals surface area contributed by atoms with E-state index in [9.17, 15) is 0 Å². The molecule has 0 saturated carbocycles. The normalized spacial score (nSPS) is 18.4. The molecule has 1 saturated heterocycles. The predicted molar refractivity (Wildman–Crippen MR) is 95.0 cm³/mol. The van der Waals surface area contributed by atoms with Crippen molar-refractivity contribution < 1.29 is 0 Å². The van der Waals surface area contributed by atoms with Gasteiger partial charge in [0.25, 0.3) is 0 Å². The Morgan fingerprint density at radius 2 is 2.04 bits per heavy atom. The fourth-order valence-electron chi connectivity index (χ4n) is 3.19. The Morgan fingerprint density at radius 3 is 2.71 bits per heavy atom. The van der Waals surface area contributed by atoms with Crippen molar-refractivity contribution in [2.24, 2.45) is 19.1 Å². The van der Waals surface area contributed by atoms with Crippen molar-refractivity contribution in [3.8, 4) is 0 Å². The van der Waals surface area contributed by atoms with Crippen LogP contribution in [0.4, 0.5) is 0 Å². The molecular formula is C17H27N7. The largest absolute Gasteiger partial charge is 0.357 e. The van der Waals surface area contributed by atoms with Crippen molar-refractivity contribution in [3.05, 3.63) is 35.9 Å². The Balaban J connectivity index is 1.59. The molecule has 0 bridgehead atoms. The van der Waals surface area contributed by atoms with Crippen LogP contribution in [0.3, 0.4) is 0 Å². The van der Waals surface area contributed by atoms with Crippen LogP contribution in [0.5, 0.6) is 0 Å². The summed E-state index contributed by atoms with van der Waals surface area (Å²) in [6.45, 7) is 5.83. The quantitative estimate of drug-likeness (QED) is 0.660. The highest BCUT2D eigenvalue weighted by Crippen LogP contribution is 2.26. The molecule has 7 nitrogen and oxygen atoms in total. The summed E-state index contributed by atoms with van der Waals surface area (Å²) in [6, 6.07) is 0. The van der Waals surface area contributed by atoms with Gasteiger partial charge in [-0.2, -0.15) is 10.2 Å². The lowest BCUT2D eigenvalue weighted by Crippen LogP contribution is -2.40. The van der Waals surface area contributed by atoms with Crippen LogP contribution in [0.15, 0.2) is 29.8 Å². The molecule has 3 rings (SSSR count). The molecule has 7 heteroatoms. The van der Waals surface area contributed by atoms with E-state index in [1.165, 1.54) is 11.1 Å².